The van der Waals surface area contributed by atoms with Crippen LogP contribution in [0.15, 0.2) is 53.9 Å². The Labute approximate surface area is 140 Å². The summed E-state index contributed by atoms with van der Waals surface area (Å²) in [6, 6.07) is 17.2. The summed E-state index contributed by atoms with van der Waals surface area (Å²) in [5.41, 5.74) is 9.50. The van der Waals surface area contributed by atoms with Gasteiger partial charge in [-0.1, -0.05) is 18.2 Å². The van der Waals surface area contributed by atoms with E-state index in [2.05, 4.69) is 17.5 Å². The van der Waals surface area contributed by atoms with Gasteiger partial charge in [0.15, 0.2) is 0 Å². The minimum absolute atomic E-state index is 0.103. The normalized spacial score (nSPS) is 15.7. The predicted octanol–water partition coefficient (Wildman–Crippen LogP) is 3.21. The molecule has 5 nitrogen and oxygen atoms in total. The van der Waals surface area contributed by atoms with E-state index in [1.54, 1.807) is 18.2 Å². The highest BCUT2D eigenvalue weighted by molar-refractivity contribution is 5.61. The number of rotatable bonds is 3. The maximum Gasteiger partial charge on any atom is 0.205 e. The van der Waals surface area contributed by atoms with Gasteiger partial charge in [-0.05, 0) is 30.7 Å². The molecule has 1 aliphatic rings. The van der Waals surface area contributed by atoms with Crippen LogP contribution in [0.1, 0.15) is 29.5 Å². The number of nitriles is 2. The zero-order valence-electron chi connectivity index (χ0n) is 13.2. The van der Waals surface area contributed by atoms with Crippen molar-refractivity contribution in [2.24, 2.45) is 5.73 Å². The monoisotopic (exact) mass is 316 g/mol. The molecule has 0 fully saturated rings. The first kappa shape index (κ1) is 15.5. The third-order valence-electron chi connectivity index (χ3n) is 3.95. The largest absolute Gasteiger partial charge is 0.440 e. The van der Waals surface area contributed by atoms with Gasteiger partial charge in [0.2, 0.25) is 5.88 Å². The van der Waals surface area contributed by atoms with Crippen LogP contribution in [0.4, 0.5) is 5.69 Å². The van der Waals surface area contributed by atoms with Gasteiger partial charge in [0, 0.05) is 23.9 Å². The third kappa shape index (κ3) is 2.64. The fraction of sp³-hybridized carbons (Fsp3) is 0.158. The molecule has 118 valence electrons. The molecule has 2 aromatic carbocycles. The van der Waals surface area contributed by atoms with E-state index in [0.29, 0.717) is 16.9 Å². The van der Waals surface area contributed by atoms with E-state index in [-0.39, 0.29) is 11.8 Å². The molecular weight excluding hydrogens is 300 g/mol. The standard InChI is InChI=1S/C19H16N4O/c1-2-23-14-6-7-15-17(9-14)24-19(22)16(11-21)18(15)13-5-3-4-12(8-13)10-20/h3-9,18,23H,2,22H2,1H3. The highest BCUT2D eigenvalue weighted by atomic mass is 16.5. The Morgan fingerprint density at radius 2 is 2.00 bits per heavy atom. The molecule has 5 heteroatoms. The van der Waals surface area contributed by atoms with E-state index < -0.39 is 0 Å². The first-order valence-electron chi connectivity index (χ1n) is 7.63. The molecule has 24 heavy (non-hydrogen) atoms. The number of anilines is 1. The van der Waals surface area contributed by atoms with Crippen molar-refractivity contribution in [1.29, 1.82) is 10.5 Å². The van der Waals surface area contributed by atoms with E-state index in [1.165, 1.54) is 0 Å². The second-order valence-corrected chi connectivity index (χ2v) is 5.45. The number of nitrogens with one attached hydrogen (secondary N) is 1. The van der Waals surface area contributed by atoms with Crippen molar-refractivity contribution in [3.63, 3.8) is 0 Å². The van der Waals surface area contributed by atoms with Gasteiger partial charge in [0.25, 0.3) is 0 Å². The minimum atomic E-state index is -0.345. The molecule has 1 atom stereocenters. The summed E-state index contributed by atoms with van der Waals surface area (Å²) in [6.07, 6.45) is 0. The average molecular weight is 316 g/mol. The van der Waals surface area contributed by atoms with Gasteiger partial charge >= 0.3 is 0 Å². The number of hydrogen-bond donors (Lipinski definition) is 2. The van der Waals surface area contributed by atoms with Crippen molar-refractivity contribution in [2.75, 3.05) is 11.9 Å². The lowest BCUT2D eigenvalue weighted by molar-refractivity contribution is 0.394. The lowest BCUT2D eigenvalue weighted by atomic mass is 9.83. The van der Waals surface area contributed by atoms with Crippen LogP contribution < -0.4 is 15.8 Å². The second kappa shape index (κ2) is 6.36. The molecule has 3 rings (SSSR count). The molecule has 0 saturated carbocycles. The van der Waals surface area contributed by atoms with Crippen LogP contribution in [-0.2, 0) is 0 Å². The maximum atomic E-state index is 9.54. The van der Waals surface area contributed by atoms with Crippen LogP contribution in [0, 0.1) is 22.7 Å². The molecule has 0 aromatic heterocycles. The predicted molar refractivity (Wildman–Crippen MR) is 91.1 cm³/mol. The summed E-state index contributed by atoms with van der Waals surface area (Å²) in [6.45, 7) is 2.81. The van der Waals surface area contributed by atoms with Crippen LogP contribution in [0.5, 0.6) is 5.75 Å². The van der Waals surface area contributed by atoms with Crippen molar-refractivity contribution < 1.29 is 4.74 Å². The van der Waals surface area contributed by atoms with Crippen LogP contribution in [0.2, 0.25) is 0 Å². The fourth-order valence-corrected chi connectivity index (χ4v) is 2.90. The number of allylic oxidation sites excluding steroid dienone is 1. The summed E-state index contributed by atoms with van der Waals surface area (Å²) >= 11 is 0. The van der Waals surface area contributed by atoms with Crippen molar-refractivity contribution in [1.82, 2.24) is 0 Å². The van der Waals surface area contributed by atoms with E-state index in [0.717, 1.165) is 23.4 Å². The Kier molecular flexibility index (Phi) is 4.09. The highest BCUT2D eigenvalue weighted by Gasteiger charge is 2.30. The van der Waals surface area contributed by atoms with Crippen LogP contribution in [0.3, 0.4) is 0 Å². The Bertz CT molecular complexity index is 902. The molecule has 0 saturated heterocycles. The molecule has 3 N–H and O–H groups in total. The topological polar surface area (TPSA) is 94.9 Å². The number of ether oxygens (including phenoxy) is 1. The average Bonchev–Trinajstić information content (AvgIpc) is 2.60. The van der Waals surface area contributed by atoms with Crippen molar-refractivity contribution in [3.8, 4) is 17.9 Å². The maximum absolute atomic E-state index is 9.54. The van der Waals surface area contributed by atoms with Crippen LogP contribution >= 0.6 is 0 Å². The fourth-order valence-electron chi connectivity index (χ4n) is 2.90. The zero-order chi connectivity index (χ0) is 17.1. The van der Waals surface area contributed by atoms with E-state index >= 15 is 0 Å². The van der Waals surface area contributed by atoms with Gasteiger partial charge < -0.3 is 15.8 Å². The van der Waals surface area contributed by atoms with E-state index in [1.807, 2.05) is 31.2 Å². The summed E-state index contributed by atoms with van der Waals surface area (Å²) in [7, 11) is 0. The van der Waals surface area contributed by atoms with Gasteiger partial charge in [-0.2, -0.15) is 10.5 Å². The van der Waals surface area contributed by atoms with Gasteiger partial charge in [-0.3, -0.25) is 0 Å². The SMILES string of the molecule is CCNc1ccc2c(c1)OC(N)=C(C#N)C2c1cccc(C#N)c1. The van der Waals surface area contributed by atoms with Gasteiger partial charge in [-0.25, -0.2) is 0 Å². The molecule has 1 aliphatic heterocycles. The number of nitrogens with zero attached hydrogens (tertiary/aromatic N) is 2. The summed E-state index contributed by atoms with van der Waals surface area (Å²) in [5.74, 6) is 0.381. The molecule has 0 bridgehead atoms. The van der Waals surface area contributed by atoms with E-state index in [9.17, 15) is 5.26 Å². The van der Waals surface area contributed by atoms with Crippen LogP contribution in [0.25, 0.3) is 0 Å². The smallest absolute Gasteiger partial charge is 0.205 e. The molecular formula is C19H16N4O. The molecule has 0 spiro atoms. The number of hydrogen-bond acceptors (Lipinski definition) is 5. The lowest BCUT2D eigenvalue weighted by Crippen LogP contribution is -2.21. The minimum Gasteiger partial charge on any atom is -0.440 e. The summed E-state index contributed by atoms with van der Waals surface area (Å²) in [5, 5.41) is 21.9. The molecule has 2 aromatic rings. The molecule has 0 amide bonds. The Balaban J connectivity index is 2.17. The van der Waals surface area contributed by atoms with Gasteiger partial charge in [0.1, 0.15) is 17.4 Å². The second-order valence-electron chi connectivity index (χ2n) is 5.45. The first-order chi connectivity index (χ1) is 11.7. The third-order valence-corrected chi connectivity index (χ3v) is 3.95. The Morgan fingerprint density at radius 1 is 1.17 bits per heavy atom. The number of benzene rings is 2. The zero-order valence-corrected chi connectivity index (χ0v) is 13.2. The summed E-state index contributed by atoms with van der Waals surface area (Å²) < 4.78 is 5.66. The van der Waals surface area contributed by atoms with Crippen molar-refractivity contribution >= 4 is 5.69 Å². The van der Waals surface area contributed by atoms with Crippen molar-refractivity contribution in [3.05, 3.63) is 70.6 Å². The number of fused-ring (bicyclic) bond motifs is 1. The van der Waals surface area contributed by atoms with E-state index in [4.69, 9.17) is 15.7 Å². The first-order valence-corrected chi connectivity index (χ1v) is 7.63. The highest BCUT2D eigenvalue weighted by Crippen LogP contribution is 2.43. The molecule has 1 heterocycles. The Morgan fingerprint density at radius 3 is 2.71 bits per heavy atom. The van der Waals surface area contributed by atoms with Gasteiger partial charge in [-0.15, -0.1) is 0 Å². The molecule has 1 unspecified atom stereocenters. The van der Waals surface area contributed by atoms with Gasteiger partial charge in [0.05, 0.1) is 17.6 Å². The van der Waals surface area contributed by atoms with Crippen LogP contribution in [-0.4, -0.2) is 6.54 Å². The quantitative estimate of drug-likeness (QED) is 0.906. The molecule has 0 aliphatic carbocycles. The Hall–Kier alpha value is -3.44. The summed E-state index contributed by atoms with van der Waals surface area (Å²) in [4.78, 5) is 0. The lowest BCUT2D eigenvalue weighted by Gasteiger charge is -2.27. The number of nitrogens with two attached hydrogens (primary N) is 1. The molecule has 0 radical (unpaired) electrons. The van der Waals surface area contributed by atoms with Crippen molar-refractivity contribution in [2.45, 2.75) is 12.8 Å².